The van der Waals surface area contributed by atoms with Crippen LogP contribution < -0.4 is 15.4 Å². The highest BCUT2D eigenvalue weighted by Gasteiger charge is 2.39. The van der Waals surface area contributed by atoms with Crippen molar-refractivity contribution in [1.29, 1.82) is 0 Å². The number of likely N-dealkylation sites (N-methyl/N-ethyl adjacent to an activating group) is 1. The molecule has 0 radical (unpaired) electrons. The minimum atomic E-state index is -4.50. The largest absolute Gasteiger partial charge is 0.490 e. The summed E-state index contributed by atoms with van der Waals surface area (Å²) in [5.74, 6) is -0.670. The third-order valence-electron chi connectivity index (χ3n) is 8.57. The molecule has 8 nitrogen and oxygen atoms in total. The first-order valence-corrected chi connectivity index (χ1v) is 14.6. The summed E-state index contributed by atoms with van der Waals surface area (Å²) in [7, 11) is 1.69. The van der Waals surface area contributed by atoms with Crippen LogP contribution >= 0.6 is 0 Å². The van der Waals surface area contributed by atoms with E-state index in [1.54, 1.807) is 24.1 Å². The van der Waals surface area contributed by atoms with Crippen molar-refractivity contribution >= 4 is 23.4 Å². The Morgan fingerprint density at radius 3 is 2.36 bits per heavy atom. The fraction of sp³-hybridized carbons (Fsp3) is 0.364. The summed E-state index contributed by atoms with van der Waals surface area (Å²) >= 11 is 0. The number of carbonyl (C=O) groups excluding carboxylic acids is 3. The van der Waals surface area contributed by atoms with Gasteiger partial charge in [-0.3, -0.25) is 14.4 Å². The van der Waals surface area contributed by atoms with Gasteiger partial charge in [0.25, 0.3) is 11.8 Å². The van der Waals surface area contributed by atoms with E-state index in [9.17, 15) is 27.6 Å². The Balaban J connectivity index is 1.07. The van der Waals surface area contributed by atoms with Gasteiger partial charge in [-0.05, 0) is 79.3 Å². The van der Waals surface area contributed by atoms with Crippen LogP contribution in [0.4, 0.5) is 18.9 Å². The molecule has 0 saturated carbocycles. The number of nitrogens with zero attached hydrogens (tertiary/aromatic N) is 1. The molecular weight excluding hydrogens is 575 g/mol. The molecule has 230 valence electrons. The molecule has 3 aliphatic rings. The molecule has 3 aromatic rings. The fourth-order valence-electron chi connectivity index (χ4n) is 6.27. The fourth-order valence-corrected chi connectivity index (χ4v) is 6.27. The van der Waals surface area contributed by atoms with Crippen LogP contribution in [0.5, 0.6) is 5.75 Å². The number of fused-ring (bicyclic) bond motifs is 3. The quantitative estimate of drug-likeness (QED) is 0.425. The number of hydrogen-bond donors (Lipinski definition) is 2. The van der Waals surface area contributed by atoms with Crippen molar-refractivity contribution in [2.24, 2.45) is 0 Å². The van der Waals surface area contributed by atoms with E-state index in [1.807, 2.05) is 12.1 Å². The van der Waals surface area contributed by atoms with E-state index in [2.05, 4.69) is 22.8 Å². The summed E-state index contributed by atoms with van der Waals surface area (Å²) in [5.41, 5.74) is 2.27. The molecule has 0 bridgehead atoms. The first kappa shape index (κ1) is 29.7. The monoisotopic (exact) mass is 607 g/mol. The molecule has 6 rings (SSSR count). The smallest absolute Gasteiger partial charge is 0.416 e. The first-order valence-electron chi connectivity index (χ1n) is 14.6. The van der Waals surface area contributed by atoms with Gasteiger partial charge in [0.15, 0.2) is 0 Å². The topological polar surface area (TPSA) is 97.0 Å². The molecule has 0 spiro atoms. The molecule has 2 N–H and O–H groups in total. The van der Waals surface area contributed by atoms with E-state index in [4.69, 9.17) is 9.47 Å². The van der Waals surface area contributed by atoms with E-state index in [1.165, 1.54) is 17.2 Å². The number of hydrogen-bond acceptors (Lipinski definition) is 5. The molecule has 44 heavy (non-hydrogen) atoms. The van der Waals surface area contributed by atoms with E-state index >= 15 is 0 Å². The standard InChI is InChI=1S/C33H32F3N3O5/c1-39-27-12-11-25(17-30(40)37-24-14-20-4-2-3-5-21(20)15-24)44-29(27)18-43-28-13-10-23(16-26(28)32(39)42)38-31(41)19-6-8-22(9-7-19)33(34,35)36/h2-10,13,16,24-25,27,29H,11-12,14-15,17-18H2,1H3,(H,37,40)(H,38,41)/t25-,27+,29+/m1/s1. The SMILES string of the molecule is CN1C(=O)c2cc(NC(=O)c3ccc(C(F)(F)F)cc3)ccc2OC[C@@H]2O[C@@H](CC(=O)NC3Cc4ccccc4C3)CC[C@@H]21. The van der Waals surface area contributed by atoms with Crippen molar-refractivity contribution in [3.05, 3.63) is 94.5 Å². The van der Waals surface area contributed by atoms with Gasteiger partial charge < -0.3 is 25.0 Å². The lowest BCUT2D eigenvalue weighted by Gasteiger charge is -2.42. The van der Waals surface area contributed by atoms with E-state index in [-0.39, 0.29) is 54.2 Å². The Hall–Kier alpha value is -4.38. The number of halogens is 3. The second-order valence-corrected chi connectivity index (χ2v) is 11.6. The van der Waals surface area contributed by atoms with Crippen LogP contribution in [-0.4, -0.2) is 60.6 Å². The lowest BCUT2D eigenvalue weighted by molar-refractivity contribution is -0.137. The molecule has 2 heterocycles. The van der Waals surface area contributed by atoms with Crippen molar-refractivity contribution < 1.29 is 37.0 Å². The van der Waals surface area contributed by atoms with Gasteiger partial charge in [-0.25, -0.2) is 0 Å². The zero-order chi connectivity index (χ0) is 31.0. The molecule has 1 aliphatic carbocycles. The Morgan fingerprint density at radius 2 is 1.68 bits per heavy atom. The molecule has 3 atom stereocenters. The zero-order valence-electron chi connectivity index (χ0n) is 24.0. The minimum Gasteiger partial charge on any atom is -0.490 e. The summed E-state index contributed by atoms with van der Waals surface area (Å²) in [4.78, 5) is 40.7. The normalized spacial score (nSPS) is 21.7. The number of carbonyl (C=O) groups is 3. The van der Waals surface area contributed by atoms with Gasteiger partial charge in [0.1, 0.15) is 18.5 Å². The summed E-state index contributed by atoms with van der Waals surface area (Å²) in [6.45, 7) is 0.169. The number of anilines is 1. The summed E-state index contributed by atoms with van der Waals surface area (Å²) in [5, 5.41) is 5.78. The number of ether oxygens (including phenoxy) is 2. The van der Waals surface area contributed by atoms with Crippen LogP contribution in [0.15, 0.2) is 66.7 Å². The van der Waals surface area contributed by atoms with E-state index < -0.39 is 23.8 Å². The van der Waals surface area contributed by atoms with Crippen LogP contribution in [-0.2, 0) is 28.5 Å². The number of amides is 3. The lowest BCUT2D eigenvalue weighted by Crippen LogP contribution is -2.54. The average Bonchev–Trinajstić information content (AvgIpc) is 3.41. The highest BCUT2D eigenvalue weighted by Crippen LogP contribution is 2.33. The molecule has 2 aliphatic heterocycles. The molecule has 0 aromatic heterocycles. The van der Waals surface area contributed by atoms with Gasteiger partial charge >= 0.3 is 6.18 Å². The Morgan fingerprint density at radius 1 is 0.977 bits per heavy atom. The summed E-state index contributed by atoms with van der Waals surface area (Å²) in [6.07, 6.45) is -2.13. The van der Waals surface area contributed by atoms with E-state index in [0.717, 1.165) is 37.1 Å². The van der Waals surface area contributed by atoms with Crippen molar-refractivity contribution in [3.8, 4) is 5.75 Å². The predicted octanol–water partition coefficient (Wildman–Crippen LogP) is 5.01. The third kappa shape index (κ3) is 6.28. The number of rotatable bonds is 5. The molecular formula is C33H32F3N3O5. The molecule has 3 amide bonds. The van der Waals surface area contributed by atoms with Gasteiger partial charge in [-0.1, -0.05) is 24.3 Å². The van der Waals surface area contributed by atoms with Crippen molar-refractivity contribution in [2.75, 3.05) is 19.0 Å². The van der Waals surface area contributed by atoms with Crippen molar-refractivity contribution in [1.82, 2.24) is 10.2 Å². The molecule has 11 heteroatoms. The Kier molecular flexibility index (Phi) is 8.06. The third-order valence-corrected chi connectivity index (χ3v) is 8.57. The van der Waals surface area contributed by atoms with Crippen LogP contribution in [0, 0.1) is 0 Å². The summed E-state index contributed by atoms with van der Waals surface area (Å²) in [6, 6.07) is 16.5. The Labute approximate surface area is 252 Å². The van der Waals surface area contributed by atoms with Crippen LogP contribution in [0.3, 0.4) is 0 Å². The maximum Gasteiger partial charge on any atom is 0.416 e. The van der Waals surface area contributed by atoms with Gasteiger partial charge in [0.2, 0.25) is 5.91 Å². The first-order chi connectivity index (χ1) is 21.0. The second kappa shape index (κ2) is 12.0. The van der Waals surface area contributed by atoms with Gasteiger partial charge in [-0.15, -0.1) is 0 Å². The van der Waals surface area contributed by atoms with E-state index in [0.29, 0.717) is 24.3 Å². The van der Waals surface area contributed by atoms with Crippen LogP contribution in [0.1, 0.15) is 56.7 Å². The molecule has 1 saturated heterocycles. The highest BCUT2D eigenvalue weighted by atomic mass is 19.4. The number of alkyl halides is 3. The second-order valence-electron chi connectivity index (χ2n) is 11.6. The Bertz CT molecular complexity index is 1550. The van der Waals surface area contributed by atoms with Gasteiger partial charge in [0.05, 0.1) is 29.7 Å². The van der Waals surface area contributed by atoms with Gasteiger partial charge in [0, 0.05) is 24.3 Å². The van der Waals surface area contributed by atoms with Crippen molar-refractivity contribution in [2.45, 2.75) is 62.6 Å². The molecule has 1 fully saturated rings. The highest BCUT2D eigenvalue weighted by molar-refractivity contribution is 6.05. The average molecular weight is 608 g/mol. The van der Waals surface area contributed by atoms with Gasteiger partial charge in [-0.2, -0.15) is 13.2 Å². The number of benzene rings is 3. The lowest BCUT2D eigenvalue weighted by atomic mass is 9.94. The summed E-state index contributed by atoms with van der Waals surface area (Å²) < 4.78 is 50.9. The minimum absolute atomic E-state index is 0.0446. The maximum atomic E-state index is 13.5. The van der Waals surface area contributed by atoms with Crippen LogP contribution in [0.25, 0.3) is 0 Å². The van der Waals surface area contributed by atoms with Crippen LogP contribution in [0.2, 0.25) is 0 Å². The zero-order valence-corrected chi connectivity index (χ0v) is 24.0. The molecule has 3 aromatic carbocycles. The predicted molar refractivity (Wildman–Crippen MR) is 156 cm³/mol. The van der Waals surface area contributed by atoms with Crippen molar-refractivity contribution in [3.63, 3.8) is 0 Å². The maximum absolute atomic E-state index is 13.5. The molecule has 0 unspecified atom stereocenters. The number of nitrogens with one attached hydrogen (secondary N) is 2.